The van der Waals surface area contributed by atoms with E-state index in [1.807, 2.05) is 4.90 Å². The molecule has 22 heavy (non-hydrogen) atoms. The van der Waals surface area contributed by atoms with Crippen LogP contribution in [-0.2, 0) is 4.79 Å². The largest absolute Gasteiger partial charge is 0.481 e. The number of rotatable bonds is 5. The van der Waals surface area contributed by atoms with Gasteiger partial charge in [0.05, 0.1) is 6.42 Å². The maximum atomic E-state index is 12.3. The van der Waals surface area contributed by atoms with Gasteiger partial charge in [0.15, 0.2) is 5.78 Å². The zero-order valence-corrected chi connectivity index (χ0v) is 13.6. The predicted octanol–water partition coefficient (Wildman–Crippen LogP) is 3.61. The summed E-state index contributed by atoms with van der Waals surface area (Å²) < 4.78 is 0. The summed E-state index contributed by atoms with van der Waals surface area (Å²) >= 11 is 5.83. The summed E-state index contributed by atoms with van der Waals surface area (Å²) in [6, 6.07) is 6.77. The molecule has 0 unspecified atom stereocenters. The standard InChI is InChI=1S/C17H20ClNO3/c1-17(2)10-14(19(11-17)8-7-16(21)22)9-15(20)12-3-5-13(18)6-4-12/h3-6,9H,7-8,10-11H2,1-2H3,(H,21,22)/b14-9-. The average molecular weight is 322 g/mol. The number of carbonyl (C=O) groups excluding carboxylic acids is 1. The molecule has 1 fully saturated rings. The Hall–Kier alpha value is -1.81. The number of hydrogen-bond donors (Lipinski definition) is 1. The number of hydrogen-bond acceptors (Lipinski definition) is 3. The number of benzene rings is 1. The highest BCUT2D eigenvalue weighted by molar-refractivity contribution is 6.30. The van der Waals surface area contributed by atoms with Gasteiger partial charge in [-0.2, -0.15) is 0 Å². The molecule has 1 aliphatic rings. The Morgan fingerprint density at radius 1 is 1.32 bits per heavy atom. The first-order chi connectivity index (χ1) is 10.3. The Labute approximate surface area is 135 Å². The van der Waals surface area contributed by atoms with E-state index in [0.29, 0.717) is 17.1 Å². The van der Waals surface area contributed by atoms with Gasteiger partial charge < -0.3 is 10.0 Å². The fraction of sp³-hybridized carbons (Fsp3) is 0.412. The minimum atomic E-state index is -0.826. The molecule has 0 amide bonds. The number of allylic oxidation sites excluding steroid dienone is 2. The SMILES string of the molecule is CC1(C)C/C(=C/C(=O)c2ccc(Cl)cc2)N(CCC(=O)O)C1. The lowest BCUT2D eigenvalue weighted by Gasteiger charge is -2.21. The summed E-state index contributed by atoms with van der Waals surface area (Å²) in [4.78, 5) is 25.1. The lowest BCUT2D eigenvalue weighted by Crippen LogP contribution is -2.25. The third-order valence-corrected chi connectivity index (χ3v) is 3.96. The van der Waals surface area contributed by atoms with Crippen molar-refractivity contribution in [3.05, 3.63) is 46.6 Å². The predicted molar refractivity (Wildman–Crippen MR) is 86.1 cm³/mol. The Kier molecular flexibility index (Phi) is 4.91. The summed E-state index contributed by atoms with van der Waals surface area (Å²) in [7, 11) is 0. The molecule has 0 aromatic heterocycles. The molecule has 2 rings (SSSR count). The van der Waals surface area contributed by atoms with Crippen LogP contribution < -0.4 is 0 Å². The molecule has 1 saturated heterocycles. The van der Waals surface area contributed by atoms with E-state index in [1.54, 1.807) is 30.3 Å². The van der Waals surface area contributed by atoms with E-state index in [9.17, 15) is 9.59 Å². The lowest BCUT2D eigenvalue weighted by atomic mass is 9.92. The smallest absolute Gasteiger partial charge is 0.305 e. The maximum Gasteiger partial charge on any atom is 0.305 e. The molecule has 0 bridgehead atoms. The third kappa shape index (κ3) is 4.34. The van der Waals surface area contributed by atoms with Gasteiger partial charge in [-0.05, 0) is 36.1 Å². The second kappa shape index (κ2) is 6.53. The first-order valence-corrected chi connectivity index (χ1v) is 7.62. The number of nitrogens with zero attached hydrogens (tertiary/aromatic N) is 1. The van der Waals surface area contributed by atoms with Crippen molar-refractivity contribution < 1.29 is 14.7 Å². The molecule has 1 N–H and O–H groups in total. The van der Waals surface area contributed by atoms with Crippen molar-refractivity contribution in [1.29, 1.82) is 0 Å². The molecular formula is C17H20ClNO3. The van der Waals surface area contributed by atoms with E-state index >= 15 is 0 Å². The number of carboxylic acid groups (broad SMARTS) is 1. The second-order valence-electron chi connectivity index (χ2n) is 6.41. The first kappa shape index (κ1) is 16.6. The number of ketones is 1. The van der Waals surface area contributed by atoms with Gasteiger partial charge in [0.1, 0.15) is 0 Å². The second-order valence-corrected chi connectivity index (χ2v) is 6.85. The fourth-order valence-electron chi connectivity index (χ4n) is 2.72. The van der Waals surface area contributed by atoms with Gasteiger partial charge in [0.2, 0.25) is 0 Å². The third-order valence-electron chi connectivity index (χ3n) is 3.71. The fourth-order valence-corrected chi connectivity index (χ4v) is 2.85. The van der Waals surface area contributed by atoms with Crippen LogP contribution in [0.4, 0.5) is 0 Å². The van der Waals surface area contributed by atoms with Crippen LogP contribution in [0.3, 0.4) is 0 Å². The molecule has 0 atom stereocenters. The van der Waals surface area contributed by atoms with Gasteiger partial charge in [-0.25, -0.2) is 0 Å². The van der Waals surface area contributed by atoms with Crippen molar-refractivity contribution in [2.75, 3.05) is 13.1 Å². The zero-order valence-electron chi connectivity index (χ0n) is 12.8. The summed E-state index contributed by atoms with van der Waals surface area (Å²) in [5.74, 6) is -0.905. The van der Waals surface area contributed by atoms with Crippen molar-refractivity contribution in [2.24, 2.45) is 5.41 Å². The number of likely N-dealkylation sites (tertiary alicyclic amines) is 1. The molecule has 0 saturated carbocycles. The Balaban J connectivity index is 2.17. The molecule has 0 radical (unpaired) electrons. The van der Waals surface area contributed by atoms with E-state index in [-0.39, 0.29) is 17.6 Å². The van der Waals surface area contributed by atoms with Gasteiger partial charge in [0.25, 0.3) is 0 Å². The molecule has 1 aromatic rings. The molecule has 0 aliphatic carbocycles. The molecular weight excluding hydrogens is 302 g/mol. The molecule has 1 aliphatic heterocycles. The number of carbonyl (C=O) groups is 2. The molecule has 1 aromatic carbocycles. The molecule has 118 valence electrons. The van der Waals surface area contributed by atoms with Crippen molar-refractivity contribution in [1.82, 2.24) is 4.90 Å². The van der Waals surface area contributed by atoms with Crippen molar-refractivity contribution >= 4 is 23.4 Å². The Morgan fingerprint density at radius 2 is 1.95 bits per heavy atom. The highest BCUT2D eigenvalue weighted by Crippen LogP contribution is 2.36. The first-order valence-electron chi connectivity index (χ1n) is 7.24. The van der Waals surface area contributed by atoms with E-state index in [4.69, 9.17) is 16.7 Å². The Morgan fingerprint density at radius 3 is 2.55 bits per heavy atom. The van der Waals surface area contributed by atoms with Gasteiger partial charge in [-0.15, -0.1) is 0 Å². The maximum absolute atomic E-state index is 12.3. The zero-order chi connectivity index (χ0) is 16.3. The molecule has 0 spiro atoms. The van der Waals surface area contributed by atoms with E-state index in [2.05, 4.69) is 13.8 Å². The van der Waals surface area contributed by atoms with E-state index < -0.39 is 5.97 Å². The van der Waals surface area contributed by atoms with Gasteiger partial charge in [-0.1, -0.05) is 25.4 Å². The lowest BCUT2D eigenvalue weighted by molar-refractivity contribution is -0.137. The minimum Gasteiger partial charge on any atom is -0.481 e. The van der Waals surface area contributed by atoms with Crippen molar-refractivity contribution in [2.45, 2.75) is 26.7 Å². The van der Waals surface area contributed by atoms with E-state index in [0.717, 1.165) is 18.7 Å². The van der Waals surface area contributed by atoms with Crippen LogP contribution in [0.5, 0.6) is 0 Å². The summed E-state index contributed by atoms with van der Waals surface area (Å²) in [6.07, 6.45) is 2.47. The van der Waals surface area contributed by atoms with Crippen LogP contribution in [0.1, 0.15) is 37.0 Å². The number of carboxylic acids is 1. The molecule has 4 nitrogen and oxygen atoms in total. The van der Waals surface area contributed by atoms with Gasteiger partial charge in [0, 0.05) is 35.4 Å². The normalized spacial score (nSPS) is 18.7. The van der Waals surface area contributed by atoms with E-state index in [1.165, 1.54) is 0 Å². The molecule has 5 heteroatoms. The van der Waals surface area contributed by atoms with Crippen LogP contribution in [0.15, 0.2) is 36.0 Å². The summed E-state index contributed by atoms with van der Waals surface area (Å²) in [5.41, 5.74) is 1.54. The summed E-state index contributed by atoms with van der Waals surface area (Å²) in [6.45, 7) is 5.43. The minimum absolute atomic E-state index is 0.0462. The number of aliphatic carboxylic acids is 1. The highest BCUT2D eigenvalue weighted by atomic mass is 35.5. The van der Waals surface area contributed by atoms with Crippen LogP contribution in [0.25, 0.3) is 0 Å². The van der Waals surface area contributed by atoms with Crippen LogP contribution in [0.2, 0.25) is 5.02 Å². The number of halogens is 1. The van der Waals surface area contributed by atoms with Crippen LogP contribution in [0, 0.1) is 5.41 Å². The van der Waals surface area contributed by atoms with Crippen LogP contribution in [-0.4, -0.2) is 34.8 Å². The van der Waals surface area contributed by atoms with Gasteiger partial charge >= 0.3 is 5.97 Å². The van der Waals surface area contributed by atoms with Crippen molar-refractivity contribution in [3.8, 4) is 0 Å². The quantitative estimate of drug-likeness (QED) is 0.665. The Bertz CT molecular complexity index is 605. The summed E-state index contributed by atoms with van der Waals surface area (Å²) in [5, 5.41) is 9.44. The van der Waals surface area contributed by atoms with Gasteiger partial charge in [-0.3, -0.25) is 9.59 Å². The topological polar surface area (TPSA) is 57.6 Å². The highest BCUT2D eigenvalue weighted by Gasteiger charge is 2.33. The van der Waals surface area contributed by atoms with Crippen LogP contribution >= 0.6 is 11.6 Å². The monoisotopic (exact) mass is 321 g/mol. The average Bonchev–Trinajstić information content (AvgIpc) is 2.71. The van der Waals surface area contributed by atoms with Crippen molar-refractivity contribution in [3.63, 3.8) is 0 Å². The molecule has 1 heterocycles.